The molecule has 2 heterocycles. The number of hydrogen-bond donors (Lipinski definition) is 1. The van der Waals surface area contributed by atoms with Crippen molar-refractivity contribution in [2.75, 3.05) is 0 Å². The lowest BCUT2D eigenvalue weighted by Gasteiger charge is -1.90. The van der Waals surface area contributed by atoms with E-state index in [4.69, 9.17) is 5.73 Å². The van der Waals surface area contributed by atoms with Crippen molar-refractivity contribution in [3.63, 3.8) is 0 Å². The SMILES string of the molecule is Cl.NCc1cnn2ncccc12. The fraction of sp³-hybridized carbons (Fsp3) is 0.143. The highest BCUT2D eigenvalue weighted by Gasteiger charge is 1.99. The molecule has 0 unspecified atom stereocenters. The minimum absolute atomic E-state index is 0. The van der Waals surface area contributed by atoms with E-state index in [1.165, 1.54) is 0 Å². The molecule has 64 valence electrons. The molecule has 5 heteroatoms. The van der Waals surface area contributed by atoms with Crippen molar-refractivity contribution >= 4 is 17.9 Å². The summed E-state index contributed by atoms with van der Waals surface area (Å²) < 4.78 is 1.57. The van der Waals surface area contributed by atoms with Crippen LogP contribution in [0.2, 0.25) is 0 Å². The summed E-state index contributed by atoms with van der Waals surface area (Å²) in [5.41, 5.74) is 7.49. The molecular formula is C7H9ClN4. The van der Waals surface area contributed by atoms with Gasteiger partial charge in [-0.3, -0.25) is 0 Å². The van der Waals surface area contributed by atoms with Gasteiger partial charge in [-0.15, -0.1) is 12.4 Å². The predicted octanol–water partition coefficient (Wildman–Crippen LogP) is 0.610. The van der Waals surface area contributed by atoms with Gasteiger partial charge in [0.2, 0.25) is 0 Å². The second-order valence-corrected chi connectivity index (χ2v) is 2.27. The molecule has 0 spiro atoms. The van der Waals surface area contributed by atoms with Crippen LogP contribution in [-0.2, 0) is 6.54 Å². The summed E-state index contributed by atoms with van der Waals surface area (Å²) in [7, 11) is 0. The van der Waals surface area contributed by atoms with Crippen LogP contribution < -0.4 is 5.73 Å². The first-order valence-electron chi connectivity index (χ1n) is 3.40. The maximum absolute atomic E-state index is 5.48. The zero-order valence-electron chi connectivity index (χ0n) is 6.34. The number of nitrogens with zero attached hydrogens (tertiary/aromatic N) is 3. The van der Waals surface area contributed by atoms with Gasteiger partial charge in [-0.2, -0.15) is 14.8 Å². The van der Waals surface area contributed by atoms with Gasteiger partial charge in [-0.05, 0) is 12.1 Å². The molecule has 0 fully saturated rings. The second kappa shape index (κ2) is 3.51. The number of fused-ring (bicyclic) bond motifs is 1. The molecule has 12 heavy (non-hydrogen) atoms. The molecule has 0 radical (unpaired) electrons. The van der Waals surface area contributed by atoms with Gasteiger partial charge >= 0.3 is 0 Å². The number of rotatable bonds is 1. The van der Waals surface area contributed by atoms with Gasteiger partial charge < -0.3 is 5.73 Å². The molecule has 0 bridgehead atoms. The first-order valence-corrected chi connectivity index (χ1v) is 3.40. The summed E-state index contributed by atoms with van der Waals surface area (Å²) in [4.78, 5) is 0. The molecule has 0 atom stereocenters. The van der Waals surface area contributed by atoms with Crippen molar-refractivity contribution in [2.24, 2.45) is 5.73 Å². The number of nitrogens with two attached hydrogens (primary N) is 1. The van der Waals surface area contributed by atoms with Crippen LogP contribution in [0.3, 0.4) is 0 Å². The first-order chi connectivity index (χ1) is 5.42. The van der Waals surface area contributed by atoms with Crippen LogP contribution in [0.4, 0.5) is 0 Å². The lowest BCUT2D eigenvalue weighted by molar-refractivity contribution is 0.800. The molecular weight excluding hydrogens is 176 g/mol. The van der Waals surface area contributed by atoms with E-state index >= 15 is 0 Å². The van der Waals surface area contributed by atoms with Gasteiger partial charge in [-0.25, -0.2) is 0 Å². The summed E-state index contributed by atoms with van der Waals surface area (Å²) in [6.45, 7) is 0.509. The molecule has 0 amide bonds. The number of aromatic nitrogens is 3. The van der Waals surface area contributed by atoms with E-state index in [-0.39, 0.29) is 12.4 Å². The monoisotopic (exact) mass is 184 g/mol. The molecule has 0 aliphatic carbocycles. The Bertz CT molecular complexity index is 370. The maximum atomic E-state index is 5.48. The van der Waals surface area contributed by atoms with E-state index < -0.39 is 0 Å². The van der Waals surface area contributed by atoms with Crippen molar-refractivity contribution in [1.82, 2.24) is 14.8 Å². The van der Waals surface area contributed by atoms with Crippen molar-refractivity contribution in [3.05, 3.63) is 30.1 Å². The number of hydrogen-bond acceptors (Lipinski definition) is 3. The van der Waals surface area contributed by atoms with Gasteiger partial charge in [-0.1, -0.05) is 0 Å². The largest absolute Gasteiger partial charge is 0.326 e. The Balaban J connectivity index is 0.000000720. The van der Waals surface area contributed by atoms with E-state index in [9.17, 15) is 0 Å². The minimum Gasteiger partial charge on any atom is -0.326 e. The van der Waals surface area contributed by atoms with E-state index in [1.807, 2.05) is 12.1 Å². The topological polar surface area (TPSA) is 56.2 Å². The normalized spacial score (nSPS) is 9.75. The molecule has 0 saturated heterocycles. The summed E-state index contributed by atoms with van der Waals surface area (Å²) in [5.74, 6) is 0. The molecule has 0 saturated carbocycles. The average Bonchev–Trinajstić information content (AvgIpc) is 2.47. The smallest absolute Gasteiger partial charge is 0.0918 e. The quantitative estimate of drug-likeness (QED) is 0.707. The third-order valence-electron chi connectivity index (χ3n) is 1.60. The maximum Gasteiger partial charge on any atom is 0.0918 e. The van der Waals surface area contributed by atoms with Crippen molar-refractivity contribution < 1.29 is 0 Å². The Morgan fingerprint density at radius 1 is 1.42 bits per heavy atom. The lowest BCUT2D eigenvalue weighted by atomic mass is 10.3. The lowest BCUT2D eigenvalue weighted by Crippen LogP contribution is -1.96. The second-order valence-electron chi connectivity index (χ2n) is 2.27. The minimum atomic E-state index is 0. The Hall–Kier alpha value is -1.13. The van der Waals surface area contributed by atoms with E-state index in [0.29, 0.717) is 6.54 Å². The van der Waals surface area contributed by atoms with Crippen molar-refractivity contribution in [1.29, 1.82) is 0 Å². The van der Waals surface area contributed by atoms with Crippen LogP contribution in [0.15, 0.2) is 24.5 Å². The Kier molecular flexibility index (Phi) is 2.62. The third kappa shape index (κ3) is 1.26. The zero-order valence-corrected chi connectivity index (χ0v) is 7.16. The Morgan fingerprint density at radius 3 is 3.00 bits per heavy atom. The molecule has 0 aliphatic heterocycles. The van der Waals surface area contributed by atoms with Crippen LogP contribution in [-0.4, -0.2) is 14.8 Å². The van der Waals surface area contributed by atoms with Crippen LogP contribution in [0, 0.1) is 0 Å². The van der Waals surface area contributed by atoms with E-state index in [0.717, 1.165) is 11.1 Å². The Morgan fingerprint density at radius 2 is 2.25 bits per heavy atom. The third-order valence-corrected chi connectivity index (χ3v) is 1.60. The van der Waals surface area contributed by atoms with Gasteiger partial charge in [0.05, 0.1) is 11.7 Å². The summed E-state index contributed by atoms with van der Waals surface area (Å²) in [6, 6.07) is 3.82. The zero-order chi connectivity index (χ0) is 7.68. The van der Waals surface area contributed by atoms with Gasteiger partial charge in [0.1, 0.15) is 0 Å². The molecule has 0 aromatic carbocycles. The highest BCUT2D eigenvalue weighted by molar-refractivity contribution is 5.85. The van der Waals surface area contributed by atoms with E-state index in [1.54, 1.807) is 17.0 Å². The van der Waals surface area contributed by atoms with Gasteiger partial charge in [0.25, 0.3) is 0 Å². The first kappa shape index (κ1) is 8.96. The molecule has 4 nitrogen and oxygen atoms in total. The van der Waals surface area contributed by atoms with Gasteiger partial charge in [0.15, 0.2) is 0 Å². The predicted molar refractivity (Wildman–Crippen MR) is 48.1 cm³/mol. The average molecular weight is 185 g/mol. The molecule has 2 rings (SSSR count). The fourth-order valence-corrected chi connectivity index (χ4v) is 1.04. The highest BCUT2D eigenvalue weighted by Crippen LogP contribution is 2.06. The summed E-state index contributed by atoms with van der Waals surface area (Å²) in [5, 5.41) is 8.01. The Labute approximate surface area is 75.8 Å². The van der Waals surface area contributed by atoms with Crippen LogP contribution >= 0.6 is 12.4 Å². The molecule has 0 aliphatic rings. The highest BCUT2D eigenvalue weighted by atomic mass is 35.5. The number of halogens is 1. The standard InChI is InChI=1S/C7H8N4.ClH/c8-4-6-5-10-11-7(6)2-1-3-9-11;/h1-3,5H,4,8H2;1H. The van der Waals surface area contributed by atoms with Crippen LogP contribution in [0.25, 0.3) is 5.52 Å². The van der Waals surface area contributed by atoms with Gasteiger partial charge in [0, 0.05) is 18.3 Å². The summed E-state index contributed by atoms with van der Waals surface area (Å²) in [6.07, 6.45) is 3.43. The van der Waals surface area contributed by atoms with Crippen LogP contribution in [0.1, 0.15) is 5.56 Å². The molecule has 2 aromatic heterocycles. The van der Waals surface area contributed by atoms with Crippen LogP contribution in [0.5, 0.6) is 0 Å². The molecule has 2 aromatic rings. The molecule has 2 N–H and O–H groups in total. The van der Waals surface area contributed by atoms with E-state index in [2.05, 4.69) is 10.2 Å². The fourth-order valence-electron chi connectivity index (χ4n) is 1.04. The summed E-state index contributed by atoms with van der Waals surface area (Å²) >= 11 is 0. The van der Waals surface area contributed by atoms with Crippen molar-refractivity contribution in [3.8, 4) is 0 Å². The van der Waals surface area contributed by atoms with Crippen molar-refractivity contribution in [2.45, 2.75) is 6.54 Å².